The van der Waals surface area contributed by atoms with Crippen molar-refractivity contribution in [3.8, 4) is 11.5 Å². The summed E-state index contributed by atoms with van der Waals surface area (Å²) in [6, 6.07) is 12.2. The average Bonchev–Trinajstić information content (AvgIpc) is 2.67. The molecule has 1 heterocycles. The summed E-state index contributed by atoms with van der Waals surface area (Å²) >= 11 is 0. The summed E-state index contributed by atoms with van der Waals surface area (Å²) in [6.45, 7) is 0. The lowest BCUT2D eigenvalue weighted by Crippen LogP contribution is -2.24. The van der Waals surface area contributed by atoms with Gasteiger partial charge in [-0.2, -0.15) is 0 Å². The van der Waals surface area contributed by atoms with Gasteiger partial charge in [-0.15, -0.1) is 0 Å². The number of phenolic OH excluding ortho intramolecular Hbond substituents is 1. The largest absolute Gasteiger partial charge is 0.508 e. The maximum atomic E-state index is 12.1. The number of Topliss-reactive ketones (excluding diaryl/α,β-unsaturated/α-hetero) is 1. The molecule has 0 saturated carbocycles. The smallest absolute Gasteiger partial charge is 0.292 e. The zero-order chi connectivity index (χ0) is 21.0. The number of aromatic nitrogens is 1. The Labute approximate surface area is 164 Å². The maximum absolute atomic E-state index is 12.1. The number of para-hydroxylation sites is 1. The third-order valence-corrected chi connectivity index (χ3v) is 4.06. The Morgan fingerprint density at radius 3 is 2.55 bits per heavy atom. The molecule has 0 spiro atoms. The third-order valence-electron chi connectivity index (χ3n) is 4.06. The van der Waals surface area contributed by atoms with E-state index in [9.17, 15) is 29.4 Å². The van der Waals surface area contributed by atoms with Gasteiger partial charge in [-0.1, -0.05) is 18.2 Å². The van der Waals surface area contributed by atoms with E-state index in [1.54, 1.807) is 24.3 Å². The minimum atomic E-state index is -1.01. The maximum Gasteiger partial charge on any atom is 0.292 e. The lowest BCUT2D eigenvalue weighted by Gasteiger charge is -2.04. The van der Waals surface area contributed by atoms with Crippen molar-refractivity contribution in [1.29, 1.82) is 0 Å². The molecule has 146 valence electrons. The second-order valence-corrected chi connectivity index (χ2v) is 6.17. The van der Waals surface area contributed by atoms with E-state index in [1.807, 2.05) is 0 Å². The van der Waals surface area contributed by atoms with Gasteiger partial charge in [0.1, 0.15) is 11.5 Å². The molecule has 4 N–H and O–H groups in total. The highest BCUT2D eigenvalue weighted by atomic mass is 16.3. The van der Waals surface area contributed by atoms with Crippen molar-refractivity contribution in [3.63, 3.8) is 0 Å². The summed E-state index contributed by atoms with van der Waals surface area (Å²) in [6.07, 6.45) is 1.34. The quantitative estimate of drug-likeness (QED) is 0.288. The van der Waals surface area contributed by atoms with E-state index in [0.717, 1.165) is 12.2 Å². The number of nitrogens with one attached hydrogen (secondary N) is 2. The molecule has 0 radical (unpaired) electrons. The molecule has 1 aromatic heterocycles. The normalized spacial score (nSPS) is 10.9. The van der Waals surface area contributed by atoms with Crippen LogP contribution in [0, 0.1) is 0 Å². The Balaban J connectivity index is 1.69. The molecule has 0 aliphatic carbocycles. The molecular formula is C21H16N2O6. The van der Waals surface area contributed by atoms with E-state index >= 15 is 0 Å². The number of phenols is 1. The SMILES string of the molecule is O=C(C=Cc1c(O)c2ccccc2[nH]c1=O)CC(=O)C(=O)Nc1cccc(O)c1. The van der Waals surface area contributed by atoms with E-state index in [4.69, 9.17) is 0 Å². The van der Waals surface area contributed by atoms with Gasteiger partial charge in [0.15, 0.2) is 5.78 Å². The molecule has 3 aromatic rings. The number of carbonyl (C=O) groups excluding carboxylic acids is 3. The van der Waals surface area contributed by atoms with Gasteiger partial charge in [0, 0.05) is 17.1 Å². The molecule has 8 heteroatoms. The van der Waals surface area contributed by atoms with Gasteiger partial charge >= 0.3 is 0 Å². The zero-order valence-electron chi connectivity index (χ0n) is 15.0. The number of aromatic amines is 1. The minimum absolute atomic E-state index is 0.0883. The zero-order valence-corrected chi connectivity index (χ0v) is 15.0. The van der Waals surface area contributed by atoms with Gasteiger partial charge in [0.2, 0.25) is 5.78 Å². The minimum Gasteiger partial charge on any atom is -0.508 e. The molecule has 0 atom stereocenters. The van der Waals surface area contributed by atoms with Crippen molar-refractivity contribution in [2.75, 3.05) is 5.32 Å². The van der Waals surface area contributed by atoms with Gasteiger partial charge in [0.25, 0.3) is 11.5 Å². The van der Waals surface area contributed by atoms with Gasteiger partial charge in [0.05, 0.1) is 17.5 Å². The first-order chi connectivity index (χ1) is 13.8. The number of allylic oxidation sites excluding steroid dienone is 1. The van der Waals surface area contributed by atoms with Gasteiger partial charge in [-0.05, 0) is 36.4 Å². The summed E-state index contributed by atoms with van der Waals surface area (Å²) in [7, 11) is 0. The highest BCUT2D eigenvalue weighted by Crippen LogP contribution is 2.25. The summed E-state index contributed by atoms with van der Waals surface area (Å²) in [5.74, 6) is -3.09. The number of hydrogen-bond donors (Lipinski definition) is 4. The number of carbonyl (C=O) groups is 3. The Hall–Kier alpha value is -4.20. The summed E-state index contributed by atoms with van der Waals surface area (Å²) in [5.41, 5.74) is -0.0804. The van der Waals surface area contributed by atoms with Crippen LogP contribution >= 0.6 is 0 Å². The fourth-order valence-corrected chi connectivity index (χ4v) is 2.65. The average molecular weight is 392 g/mol. The van der Waals surface area contributed by atoms with Crippen molar-refractivity contribution >= 4 is 40.1 Å². The van der Waals surface area contributed by atoms with E-state index in [1.165, 1.54) is 24.3 Å². The van der Waals surface area contributed by atoms with Crippen LogP contribution in [0.5, 0.6) is 11.5 Å². The van der Waals surface area contributed by atoms with Gasteiger partial charge in [-0.3, -0.25) is 19.2 Å². The predicted octanol–water partition coefficient (Wildman–Crippen LogP) is 2.12. The number of pyridine rings is 1. The Bertz CT molecular complexity index is 1210. The van der Waals surface area contributed by atoms with Crippen molar-refractivity contribution in [1.82, 2.24) is 4.98 Å². The molecule has 8 nitrogen and oxygen atoms in total. The third kappa shape index (κ3) is 4.56. The summed E-state index contributed by atoms with van der Waals surface area (Å²) < 4.78 is 0. The van der Waals surface area contributed by atoms with Crippen molar-refractivity contribution in [2.45, 2.75) is 6.42 Å². The van der Waals surface area contributed by atoms with Crippen molar-refractivity contribution in [2.24, 2.45) is 0 Å². The number of H-pyrrole nitrogens is 1. The molecule has 0 fully saturated rings. The highest BCUT2D eigenvalue weighted by Gasteiger charge is 2.17. The van der Waals surface area contributed by atoms with Crippen LogP contribution in [0.4, 0.5) is 5.69 Å². The monoisotopic (exact) mass is 392 g/mol. The number of hydrogen-bond acceptors (Lipinski definition) is 6. The van der Waals surface area contributed by atoms with Crippen molar-refractivity contribution < 1.29 is 24.6 Å². The van der Waals surface area contributed by atoms with Gasteiger partial charge < -0.3 is 20.5 Å². The molecule has 0 bridgehead atoms. The Morgan fingerprint density at radius 1 is 1.03 bits per heavy atom. The number of benzene rings is 2. The predicted molar refractivity (Wildman–Crippen MR) is 107 cm³/mol. The molecule has 3 rings (SSSR count). The van der Waals surface area contributed by atoms with E-state index in [0.29, 0.717) is 10.9 Å². The van der Waals surface area contributed by atoms with Crippen LogP contribution in [0.1, 0.15) is 12.0 Å². The second-order valence-electron chi connectivity index (χ2n) is 6.17. The van der Waals surface area contributed by atoms with Crippen molar-refractivity contribution in [3.05, 3.63) is 70.5 Å². The number of fused-ring (bicyclic) bond motifs is 1. The number of rotatable bonds is 6. The number of ketones is 2. The van der Waals surface area contributed by atoms with Crippen LogP contribution in [-0.2, 0) is 14.4 Å². The molecule has 0 aliphatic heterocycles. The highest BCUT2D eigenvalue weighted by molar-refractivity contribution is 6.43. The number of amides is 1. The first-order valence-corrected chi connectivity index (χ1v) is 8.53. The van der Waals surface area contributed by atoms with Gasteiger partial charge in [-0.25, -0.2) is 0 Å². The fourth-order valence-electron chi connectivity index (χ4n) is 2.65. The Morgan fingerprint density at radius 2 is 1.79 bits per heavy atom. The Kier molecular flexibility index (Phi) is 5.54. The lowest BCUT2D eigenvalue weighted by molar-refractivity contribution is -0.136. The summed E-state index contributed by atoms with van der Waals surface area (Å²) in [5, 5.41) is 22.3. The van der Waals surface area contributed by atoms with Crippen LogP contribution in [0.2, 0.25) is 0 Å². The molecule has 29 heavy (non-hydrogen) atoms. The molecule has 2 aromatic carbocycles. The first-order valence-electron chi connectivity index (χ1n) is 8.53. The van der Waals surface area contributed by atoms with Crippen LogP contribution in [0.3, 0.4) is 0 Å². The first kappa shape index (κ1) is 19.6. The standard InChI is InChI=1S/C21H16N2O6/c24-13-5-3-4-12(10-13)22-21(29)18(26)11-14(25)8-9-16-19(27)15-6-1-2-7-17(15)23-20(16)28/h1-10,24H,11H2,(H,22,29)(H2,23,27,28). The van der Waals surface area contributed by atoms with Crippen LogP contribution in [0.25, 0.3) is 17.0 Å². The fraction of sp³-hybridized carbons (Fsp3) is 0.0476. The second kappa shape index (κ2) is 8.22. The molecule has 0 aliphatic rings. The molecule has 1 amide bonds. The number of anilines is 1. The molecule has 0 saturated heterocycles. The molecule has 0 unspecified atom stereocenters. The lowest BCUT2D eigenvalue weighted by atomic mass is 10.1. The van der Waals surface area contributed by atoms with Crippen LogP contribution in [0.15, 0.2) is 59.4 Å². The topological polar surface area (TPSA) is 137 Å². The van der Waals surface area contributed by atoms with E-state index in [2.05, 4.69) is 10.3 Å². The molecular weight excluding hydrogens is 376 g/mol. The van der Waals surface area contributed by atoms with E-state index < -0.39 is 29.5 Å². The van der Waals surface area contributed by atoms with Crippen LogP contribution in [-0.4, -0.2) is 32.7 Å². The number of aromatic hydroxyl groups is 2. The van der Waals surface area contributed by atoms with Crippen LogP contribution < -0.4 is 10.9 Å². The summed E-state index contributed by atoms with van der Waals surface area (Å²) in [4.78, 5) is 50.5. The van der Waals surface area contributed by atoms with E-state index in [-0.39, 0.29) is 22.7 Å².